The fraction of sp³-hybridized carbons (Fsp3) is 0.125. The average molecular weight is 269 g/mol. The van der Waals surface area contributed by atoms with Crippen LogP contribution >= 0.6 is 0 Å². The van der Waals surface area contributed by atoms with E-state index in [1.54, 1.807) is 6.07 Å². The van der Waals surface area contributed by atoms with Gasteiger partial charge in [0.05, 0.1) is 6.42 Å². The maximum absolute atomic E-state index is 11.7. The van der Waals surface area contributed by atoms with Crippen LogP contribution in [0.2, 0.25) is 0 Å². The predicted octanol–water partition coefficient (Wildman–Crippen LogP) is 3.16. The summed E-state index contributed by atoms with van der Waals surface area (Å²) < 4.78 is 0. The number of aliphatic carboxylic acids is 1. The maximum atomic E-state index is 11.7. The second kappa shape index (κ2) is 6.52. The molecule has 0 fully saturated rings. The highest BCUT2D eigenvalue weighted by Crippen LogP contribution is 2.27. The molecule has 0 atom stereocenters. The molecule has 0 radical (unpaired) electrons. The van der Waals surface area contributed by atoms with E-state index in [2.05, 4.69) is 5.32 Å². The third-order valence-electron chi connectivity index (χ3n) is 2.85. The number of carbonyl (C=O) groups is 2. The van der Waals surface area contributed by atoms with Crippen LogP contribution in [0, 0.1) is 0 Å². The lowest BCUT2D eigenvalue weighted by atomic mass is 10.0. The minimum atomic E-state index is -0.975. The Kier molecular flexibility index (Phi) is 4.50. The molecule has 4 heteroatoms. The van der Waals surface area contributed by atoms with Crippen molar-refractivity contribution in [1.82, 2.24) is 0 Å². The van der Waals surface area contributed by atoms with Gasteiger partial charge in [-0.25, -0.2) is 0 Å². The quantitative estimate of drug-likeness (QED) is 0.876. The van der Waals surface area contributed by atoms with Crippen LogP contribution in [0.25, 0.3) is 11.1 Å². The van der Waals surface area contributed by atoms with Gasteiger partial charge in [-0.3, -0.25) is 9.59 Å². The summed E-state index contributed by atoms with van der Waals surface area (Å²) in [5, 5.41) is 11.3. The molecule has 2 N–H and O–H groups in total. The van der Waals surface area contributed by atoms with Gasteiger partial charge >= 0.3 is 5.97 Å². The molecule has 2 rings (SSSR count). The minimum absolute atomic E-state index is 0.0293. The lowest BCUT2D eigenvalue weighted by Gasteiger charge is -2.10. The Morgan fingerprint density at radius 1 is 0.900 bits per heavy atom. The Morgan fingerprint density at radius 3 is 2.25 bits per heavy atom. The van der Waals surface area contributed by atoms with E-state index in [9.17, 15) is 9.59 Å². The van der Waals surface area contributed by atoms with Crippen molar-refractivity contribution >= 4 is 17.6 Å². The highest BCUT2D eigenvalue weighted by molar-refractivity contribution is 5.96. The van der Waals surface area contributed by atoms with Crippen molar-refractivity contribution in [3.63, 3.8) is 0 Å². The predicted molar refractivity (Wildman–Crippen MR) is 77.4 cm³/mol. The van der Waals surface area contributed by atoms with E-state index in [0.717, 1.165) is 11.1 Å². The zero-order valence-corrected chi connectivity index (χ0v) is 10.9. The van der Waals surface area contributed by atoms with Crippen molar-refractivity contribution in [3.05, 3.63) is 54.6 Å². The van der Waals surface area contributed by atoms with Gasteiger partial charge in [0.25, 0.3) is 0 Å². The van der Waals surface area contributed by atoms with E-state index in [-0.39, 0.29) is 18.7 Å². The highest BCUT2D eigenvalue weighted by Gasteiger charge is 2.09. The van der Waals surface area contributed by atoms with E-state index >= 15 is 0 Å². The summed E-state index contributed by atoms with van der Waals surface area (Å²) in [5.41, 5.74) is 2.60. The molecule has 0 aliphatic rings. The van der Waals surface area contributed by atoms with Crippen molar-refractivity contribution in [2.24, 2.45) is 0 Å². The van der Waals surface area contributed by atoms with E-state index < -0.39 is 5.97 Å². The third-order valence-corrected chi connectivity index (χ3v) is 2.85. The van der Waals surface area contributed by atoms with Gasteiger partial charge in [-0.1, -0.05) is 48.5 Å². The summed E-state index contributed by atoms with van der Waals surface area (Å²) in [4.78, 5) is 22.2. The molecule has 102 valence electrons. The fourth-order valence-electron chi connectivity index (χ4n) is 1.89. The number of benzene rings is 2. The van der Waals surface area contributed by atoms with E-state index in [0.29, 0.717) is 5.69 Å². The largest absolute Gasteiger partial charge is 0.481 e. The van der Waals surface area contributed by atoms with Crippen molar-refractivity contribution in [1.29, 1.82) is 0 Å². The number of amides is 1. The van der Waals surface area contributed by atoms with Gasteiger partial charge in [0.1, 0.15) is 0 Å². The van der Waals surface area contributed by atoms with Gasteiger partial charge in [0, 0.05) is 17.7 Å². The Balaban J connectivity index is 2.17. The molecule has 2 aromatic rings. The topological polar surface area (TPSA) is 66.4 Å². The van der Waals surface area contributed by atoms with Gasteiger partial charge in [0.15, 0.2) is 0 Å². The first-order chi connectivity index (χ1) is 9.66. The van der Waals surface area contributed by atoms with E-state index in [1.807, 2.05) is 48.5 Å². The van der Waals surface area contributed by atoms with Gasteiger partial charge < -0.3 is 10.4 Å². The summed E-state index contributed by atoms with van der Waals surface area (Å²) in [7, 11) is 0. The van der Waals surface area contributed by atoms with Crippen molar-refractivity contribution in [2.45, 2.75) is 12.8 Å². The molecule has 0 spiro atoms. The number of rotatable bonds is 5. The third kappa shape index (κ3) is 3.68. The Hall–Kier alpha value is -2.62. The zero-order valence-electron chi connectivity index (χ0n) is 10.9. The number of carbonyl (C=O) groups excluding carboxylic acids is 1. The van der Waals surface area contributed by atoms with E-state index in [4.69, 9.17) is 5.11 Å². The summed E-state index contributed by atoms with van der Waals surface area (Å²) in [6, 6.07) is 17.2. The molecular formula is C16H15NO3. The normalized spacial score (nSPS) is 10.0. The fourth-order valence-corrected chi connectivity index (χ4v) is 1.89. The number of hydrogen-bond donors (Lipinski definition) is 2. The van der Waals surface area contributed by atoms with Crippen LogP contribution in [-0.4, -0.2) is 17.0 Å². The minimum Gasteiger partial charge on any atom is -0.481 e. The summed E-state index contributed by atoms with van der Waals surface area (Å²) in [6.45, 7) is 0. The number of carboxylic acids is 1. The van der Waals surface area contributed by atoms with E-state index in [1.165, 1.54) is 0 Å². The smallest absolute Gasteiger partial charge is 0.303 e. The molecule has 0 aliphatic heterocycles. The maximum Gasteiger partial charge on any atom is 0.303 e. The highest BCUT2D eigenvalue weighted by atomic mass is 16.4. The first-order valence-corrected chi connectivity index (χ1v) is 6.33. The van der Waals surface area contributed by atoms with Crippen molar-refractivity contribution in [2.75, 3.05) is 5.32 Å². The van der Waals surface area contributed by atoms with Gasteiger partial charge in [0.2, 0.25) is 5.91 Å². The van der Waals surface area contributed by atoms with Crippen molar-refractivity contribution < 1.29 is 14.7 Å². The molecular weight excluding hydrogens is 254 g/mol. The second-order valence-electron chi connectivity index (χ2n) is 4.35. The molecule has 0 unspecified atom stereocenters. The molecule has 2 aromatic carbocycles. The molecule has 0 heterocycles. The number of para-hydroxylation sites is 1. The molecule has 4 nitrogen and oxygen atoms in total. The molecule has 0 bridgehead atoms. The lowest BCUT2D eigenvalue weighted by Crippen LogP contribution is -2.13. The monoisotopic (exact) mass is 269 g/mol. The standard InChI is InChI=1S/C16H15NO3/c18-15(10-11-16(19)20)17-14-9-5-4-8-13(14)12-6-2-1-3-7-12/h1-9H,10-11H2,(H,17,18)(H,19,20). The number of hydrogen-bond acceptors (Lipinski definition) is 2. The Bertz CT molecular complexity index is 608. The number of nitrogens with one attached hydrogen (secondary N) is 1. The van der Waals surface area contributed by atoms with Crippen LogP contribution < -0.4 is 5.32 Å². The van der Waals surface area contributed by atoms with Gasteiger partial charge in [-0.15, -0.1) is 0 Å². The molecule has 20 heavy (non-hydrogen) atoms. The van der Waals surface area contributed by atoms with Crippen LogP contribution in [0.1, 0.15) is 12.8 Å². The van der Waals surface area contributed by atoms with Crippen LogP contribution in [0.4, 0.5) is 5.69 Å². The molecule has 0 saturated heterocycles. The molecule has 0 aromatic heterocycles. The van der Waals surface area contributed by atoms with Crippen LogP contribution in [0.5, 0.6) is 0 Å². The zero-order chi connectivity index (χ0) is 14.4. The van der Waals surface area contributed by atoms with Crippen LogP contribution in [0.3, 0.4) is 0 Å². The van der Waals surface area contributed by atoms with Gasteiger partial charge in [-0.2, -0.15) is 0 Å². The molecule has 0 saturated carbocycles. The Labute approximate surface area is 117 Å². The number of carboxylic acid groups (broad SMARTS) is 1. The number of anilines is 1. The van der Waals surface area contributed by atoms with Crippen molar-refractivity contribution in [3.8, 4) is 11.1 Å². The second-order valence-corrected chi connectivity index (χ2v) is 4.35. The molecule has 1 amide bonds. The first kappa shape index (κ1) is 13.8. The SMILES string of the molecule is O=C(O)CCC(=O)Nc1ccccc1-c1ccccc1. The van der Waals surface area contributed by atoms with Crippen LogP contribution in [-0.2, 0) is 9.59 Å². The Morgan fingerprint density at radius 2 is 1.55 bits per heavy atom. The first-order valence-electron chi connectivity index (χ1n) is 6.33. The average Bonchev–Trinajstić information content (AvgIpc) is 2.47. The lowest BCUT2D eigenvalue weighted by molar-refractivity contribution is -0.138. The molecule has 0 aliphatic carbocycles. The summed E-state index contributed by atoms with van der Waals surface area (Å²) in [5.74, 6) is -1.27. The van der Waals surface area contributed by atoms with Crippen LogP contribution in [0.15, 0.2) is 54.6 Å². The summed E-state index contributed by atoms with van der Waals surface area (Å²) >= 11 is 0. The summed E-state index contributed by atoms with van der Waals surface area (Å²) in [6.07, 6.45) is -0.197. The van der Waals surface area contributed by atoms with Gasteiger partial charge in [-0.05, 0) is 11.6 Å².